The maximum atomic E-state index is 13.4. The van der Waals surface area contributed by atoms with Crippen LogP contribution in [0.15, 0.2) is 29.3 Å². The fourth-order valence-electron chi connectivity index (χ4n) is 3.88. The Balaban J connectivity index is 1.82. The van der Waals surface area contributed by atoms with Crippen molar-refractivity contribution in [1.82, 2.24) is 15.0 Å². The first-order valence-corrected chi connectivity index (χ1v) is 15.1. The van der Waals surface area contributed by atoms with Crippen LogP contribution in [-0.2, 0) is 24.2 Å². The number of benzene rings is 1. The summed E-state index contributed by atoms with van der Waals surface area (Å²) in [6, 6.07) is 4.51. The summed E-state index contributed by atoms with van der Waals surface area (Å²) in [4.78, 5) is 29.2. The van der Waals surface area contributed by atoms with Gasteiger partial charge in [-0.25, -0.2) is 27.7 Å². The molecule has 0 radical (unpaired) electrons. The number of hydrogen-bond donors (Lipinski definition) is 3. The van der Waals surface area contributed by atoms with Crippen molar-refractivity contribution in [3.63, 3.8) is 0 Å². The van der Waals surface area contributed by atoms with Gasteiger partial charge in [-0.05, 0) is 73.4 Å². The summed E-state index contributed by atoms with van der Waals surface area (Å²) >= 11 is 1.34. The molecule has 2 atom stereocenters. The summed E-state index contributed by atoms with van der Waals surface area (Å²) in [5, 5.41) is 6.11. The Morgan fingerprint density at radius 3 is 2.33 bits per heavy atom. The summed E-state index contributed by atoms with van der Waals surface area (Å²) in [6.07, 6.45) is 0.994. The van der Waals surface area contributed by atoms with E-state index in [1.807, 2.05) is 0 Å². The summed E-state index contributed by atoms with van der Waals surface area (Å²) in [6.45, 7) is 12.6. The lowest BCUT2D eigenvalue weighted by Gasteiger charge is -2.28. The fraction of sp³-hybridized carbons (Fsp3) is 0.577. The smallest absolute Gasteiger partial charge is 0.411 e. The van der Waals surface area contributed by atoms with Crippen molar-refractivity contribution in [2.75, 3.05) is 11.9 Å². The third-order valence-corrected chi connectivity index (χ3v) is 8.23. The van der Waals surface area contributed by atoms with Gasteiger partial charge in [-0.1, -0.05) is 6.07 Å². The van der Waals surface area contributed by atoms with E-state index in [9.17, 15) is 18.0 Å². The average Bonchev–Trinajstić information content (AvgIpc) is 3.27. The third-order valence-electron chi connectivity index (χ3n) is 5.31. The zero-order chi connectivity index (χ0) is 29.0. The minimum Gasteiger partial charge on any atom is -0.447 e. The van der Waals surface area contributed by atoms with Gasteiger partial charge in [0.2, 0.25) is 10.0 Å². The molecular weight excluding hydrogens is 544 g/mol. The number of ether oxygens (including phenoxy) is 3. The molecule has 2 heterocycles. The first-order valence-electron chi connectivity index (χ1n) is 12.8. The lowest BCUT2D eigenvalue weighted by atomic mass is 10.1. The molecule has 3 rings (SSSR count). The number of aromatic nitrogens is 1. The van der Waals surface area contributed by atoms with Crippen molar-refractivity contribution < 1.29 is 32.2 Å². The molecule has 0 bridgehead atoms. The van der Waals surface area contributed by atoms with Gasteiger partial charge in [0.05, 0.1) is 34.6 Å². The van der Waals surface area contributed by atoms with Gasteiger partial charge in [-0.15, -0.1) is 11.3 Å². The molecule has 13 heteroatoms. The minimum atomic E-state index is -3.97. The molecule has 1 aliphatic rings. The summed E-state index contributed by atoms with van der Waals surface area (Å²) in [7, 11) is -3.97. The molecule has 216 valence electrons. The molecular formula is C26H38N4O7S2. The van der Waals surface area contributed by atoms with Crippen LogP contribution >= 0.6 is 11.3 Å². The average molecular weight is 583 g/mol. The van der Waals surface area contributed by atoms with E-state index in [2.05, 4.69) is 20.3 Å². The van der Waals surface area contributed by atoms with Crippen molar-refractivity contribution >= 4 is 39.2 Å². The highest BCUT2D eigenvalue weighted by Gasteiger charge is 2.29. The second-order valence-electron chi connectivity index (χ2n) is 10.9. The molecule has 2 aromatic rings. The highest BCUT2D eigenvalue weighted by atomic mass is 32.2. The topological polar surface area (TPSA) is 145 Å². The maximum Gasteiger partial charge on any atom is 0.411 e. The lowest BCUT2D eigenvalue weighted by Crippen LogP contribution is -2.42. The van der Waals surface area contributed by atoms with Crippen molar-refractivity contribution in [1.29, 1.82) is 0 Å². The van der Waals surface area contributed by atoms with E-state index < -0.39 is 27.7 Å². The number of carbonyl (C=O) groups is 2. The van der Waals surface area contributed by atoms with E-state index in [4.69, 9.17) is 14.2 Å². The van der Waals surface area contributed by atoms with Crippen LogP contribution < -0.4 is 15.4 Å². The fourth-order valence-corrected chi connectivity index (χ4v) is 6.65. The normalized spacial score (nSPS) is 18.2. The molecule has 1 aromatic carbocycles. The van der Waals surface area contributed by atoms with Gasteiger partial charge in [-0.2, -0.15) is 0 Å². The van der Waals surface area contributed by atoms with E-state index in [0.717, 1.165) is 0 Å². The van der Waals surface area contributed by atoms with Crippen LogP contribution in [0.4, 0.5) is 15.3 Å². The van der Waals surface area contributed by atoms with Crippen LogP contribution in [0.25, 0.3) is 10.4 Å². The number of hydrogen-bond acceptors (Lipinski definition) is 9. The quantitative estimate of drug-likeness (QED) is 0.385. The Bertz CT molecular complexity index is 1260. The molecule has 1 fully saturated rings. The first-order chi connectivity index (χ1) is 18.1. The number of anilines is 1. The van der Waals surface area contributed by atoms with Gasteiger partial charge in [0, 0.05) is 23.0 Å². The standard InChI is InChI=1S/C26H38N4O7S2/c1-15(2)36-24(31)28-17-8-10-19(22(12-17)39(33,34)30-26(5,6)7)21-13-27-23(38-21)20-11-9-18(14-35-20)29-25(32)37-16(3)4/h8,10,12-13,15-16,18,20,30H,9,11,14H2,1-7H3,(H,28,31)(H,29,32)/t18-,20?/m1/s1. The summed E-state index contributed by atoms with van der Waals surface area (Å²) in [5.41, 5.74) is 0.00972. The zero-order valence-corrected chi connectivity index (χ0v) is 25.0. The molecule has 1 saturated heterocycles. The van der Waals surface area contributed by atoms with Crippen molar-refractivity contribution in [3.05, 3.63) is 29.4 Å². The highest BCUT2D eigenvalue weighted by Crippen LogP contribution is 2.38. The Labute approximate surface area is 234 Å². The number of nitrogens with zero attached hydrogens (tertiary/aromatic N) is 1. The molecule has 1 unspecified atom stereocenters. The van der Waals surface area contributed by atoms with Gasteiger partial charge >= 0.3 is 12.2 Å². The Kier molecular flexibility index (Phi) is 9.97. The Hall–Kier alpha value is -2.74. The Morgan fingerprint density at radius 2 is 1.74 bits per heavy atom. The molecule has 0 saturated carbocycles. The molecule has 0 aliphatic carbocycles. The number of alkyl carbamates (subject to hydrolysis) is 1. The van der Waals surface area contributed by atoms with E-state index >= 15 is 0 Å². The molecule has 1 aliphatic heterocycles. The predicted molar refractivity (Wildman–Crippen MR) is 149 cm³/mol. The van der Waals surface area contributed by atoms with Gasteiger partial charge in [0.1, 0.15) is 11.1 Å². The second kappa shape index (κ2) is 12.6. The van der Waals surface area contributed by atoms with E-state index in [1.165, 1.54) is 17.4 Å². The lowest BCUT2D eigenvalue weighted by molar-refractivity contribution is -0.00533. The highest BCUT2D eigenvalue weighted by molar-refractivity contribution is 7.89. The van der Waals surface area contributed by atoms with Crippen LogP contribution in [0.3, 0.4) is 0 Å². The van der Waals surface area contributed by atoms with Crippen LogP contribution in [0.1, 0.15) is 72.4 Å². The number of nitrogens with one attached hydrogen (secondary N) is 3. The number of sulfonamides is 1. The van der Waals surface area contributed by atoms with E-state index in [-0.39, 0.29) is 34.9 Å². The van der Waals surface area contributed by atoms with E-state index in [1.54, 1.807) is 66.8 Å². The minimum absolute atomic E-state index is 0.00691. The van der Waals surface area contributed by atoms with Crippen molar-refractivity contribution in [3.8, 4) is 10.4 Å². The van der Waals surface area contributed by atoms with Crippen molar-refractivity contribution in [2.24, 2.45) is 0 Å². The largest absolute Gasteiger partial charge is 0.447 e. The summed E-state index contributed by atoms with van der Waals surface area (Å²) < 4.78 is 45.7. The molecule has 2 amide bonds. The number of rotatable bonds is 8. The van der Waals surface area contributed by atoms with Gasteiger partial charge < -0.3 is 19.5 Å². The van der Waals surface area contributed by atoms with Crippen LogP contribution in [0.5, 0.6) is 0 Å². The monoisotopic (exact) mass is 582 g/mol. The molecule has 3 N–H and O–H groups in total. The van der Waals surface area contributed by atoms with Crippen LogP contribution in [0.2, 0.25) is 0 Å². The molecule has 1 aromatic heterocycles. The second-order valence-corrected chi connectivity index (χ2v) is 13.6. The molecule has 39 heavy (non-hydrogen) atoms. The SMILES string of the molecule is CC(C)OC(=O)Nc1ccc(-c2cnc(C3CC[C@@H](NC(=O)OC(C)C)CO3)s2)c(S(=O)(=O)NC(C)(C)C)c1. The van der Waals surface area contributed by atoms with E-state index in [0.29, 0.717) is 34.9 Å². The van der Waals surface area contributed by atoms with Crippen LogP contribution in [-0.4, -0.2) is 56.0 Å². The zero-order valence-electron chi connectivity index (χ0n) is 23.4. The van der Waals surface area contributed by atoms with Gasteiger partial charge in [0.25, 0.3) is 0 Å². The molecule has 0 spiro atoms. The van der Waals surface area contributed by atoms with Crippen molar-refractivity contribution in [2.45, 2.75) is 96.1 Å². The van der Waals surface area contributed by atoms with Gasteiger partial charge in [0.15, 0.2) is 0 Å². The number of carbonyl (C=O) groups excluding carboxylic acids is 2. The molecule has 11 nitrogen and oxygen atoms in total. The first kappa shape index (κ1) is 30.8. The predicted octanol–water partition coefficient (Wildman–Crippen LogP) is 5.20. The third kappa shape index (κ3) is 9.16. The summed E-state index contributed by atoms with van der Waals surface area (Å²) in [5.74, 6) is 0. The maximum absolute atomic E-state index is 13.4. The van der Waals surface area contributed by atoms with Gasteiger partial charge in [-0.3, -0.25) is 5.32 Å². The van der Waals surface area contributed by atoms with Crippen LogP contribution in [0, 0.1) is 0 Å². The number of thiazole rings is 1. The Morgan fingerprint density at radius 1 is 1.08 bits per heavy atom. The number of amides is 2.